The second kappa shape index (κ2) is 7.82. The number of hydrogen-bond acceptors (Lipinski definition) is 3. The quantitative estimate of drug-likeness (QED) is 0.359. The van der Waals surface area contributed by atoms with E-state index in [4.69, 9.17) is 4.74 Å². The maximum atomic E-state index is 13.5. The first kappa shape index (κ1) is 18.5. The topological polar surface area (TPSA) is 50.4 Å². The molecule has 134 valence electrons. The smallest absolute Gasteiger partial charge is 0.238 e. The Bertz CT molecular complexity index is 769. The van der Waals surface area contributed by atoms with Crippen LogP contribution in [0.2, 0.25) is 0 Å². The molecular weight excluding hydrogens is 347 g/mol. The minimum atomic E-state index is -2.27. The van der Waals surface area contributed by atoms with E-state index in [2.05, 4.69) is 0 Å². The lowest BCUT2D eigenvalue weighted by atomic mass is 10.1. The van der Waals surface area contributed by atoms with Crippen LogP contribution in [0.15, 0.2) is 24.3 Å². The number of ether oxygens (including phenoxy) is 1. The molecule has 9 heteroatoms. The number of amides is 1. The van der Waals surface area contributed by atoms with Crippen LogP contribution < -0.4 is 15.6 Å². The molecule has 25 heavy (non-hydrogen) atoms. The minimum absolute atomic E-state index is 0.108. The summed E-state index contributed by atoms with van der Waals surface area (Å²) in [7, 11) is 1.46. The molecule has 0 unspecified atom stereocenters. The van der Waals surface area contributed by atoms with Gasteiger partial charge in [-0.05, 0) is 18.1 Å². The van der Waals surface area contributed by atoms with Gasteiger partial charge < -0.3 is 4.74 Å². The largest absolute Gasteiger partial charge is 0.496 e. The van der Waals surface area contributed by atoms with Gasteiger partial charge in [0.15, 0.2) is 23.3 Å². The second-order valence-corrected chi connectivity index (χ2v) is 4.93. The number of benzene rings is 2. The van der Waals surface area contributed by atoms with Crippen molar-refractivity contribution in [3.05, 3.63) is 58.9 Å². The lowest BCUT2D eigenvalue weighted by Gasteiger charge is -2.12. The molecule has 2 aromatic rings. The lowest BCUT2D eigenvalue weighted by Crippen LogP contribution is -2.31. The van der Waals surface area contributed by atoms with E-state index in [1.165, 1.54) is 7.11 Å². The molecule has 0 aliphatic carbocycles. The Balaban J connectivity index is 2.01. The average Bonchev–Trinajstić information content (AvgIpc) is 2.63. The molecule has 0 fully saturated rings. The van der Waals surface area contributed by atoms with Gasteiger partial charge in [-0.15, -0.1) is 0 Å². The van der Waals surface area contributed by atoms with Gasteiger partial charge in [0.2, 0.25) is 11.7 Å². The monoisotopic (exact) mass is 360 g/mol. The van der Waals surface area contributed by atoms with Gasteiger partial charge in [-0.3, -0.25) is 15.6 Å². The van der Waals surface area contributed by atoms with Gasteiger partial charge >= 0.3 is 0 Å². The molecule has 0 aromatic heterocycles. The van der Waals surface area contributed by atoms with Crippen molar-refractivity contribution in [3.8, 4) is 5.75 Å². The van der Waals surface area contributed by atoms with Gasteiger partial charge in [0.25, 0.3) is 0 Å². The van der Waals surface area contributed by atoms with Crippen LogP contribution in [0, 0.1) is 29.1 Å². The maximum absolute atomic E-state index is 13.5. The van der Waals surface area contributed by atoms with Crippen LogP contribution in [0.3, 0.4) is 0 Å². The van der Waals surface area contributed by atoms with Crippen molar-refractivity contribution < 1.29 is 31.5 Å². The Morgan fingerprint density at radius 3 is 2.12 bits per heavy atom. The molecule has 0 radical (unpaired) electrons. The number of aryl methyl sites for hydroxylation is 1. The number of nitrogens with one attached hydrogen (secondary N) is 2. The summed E-state index contributed by atoms with van der Waals surface area (Å²) >= 11 is 0. The number of carbonyl (C=O) groups is 1. The highest BCUT2D eigenvalue weighted by molar-refractivity contribution is 5.77. The Morgan fingerprint density at radius 2 is 1.52 bits per heavy atom. The molecule has 0 atom stereocenters. The van der Waals surface area contributed by atoms with Crippen molar-refractivity contribution in [1.29, 1.82) is 0 Å². The van der Waals surface area contributed by atoms with Gasteiger partial charge in [0.05, 0.1) is 7.11 Å². The third-order valence-electron chi connectivity index (χ3n) is 3.35. The molecule has 2 aromatic carbocycles. The summed E-state index contributed by atoms with van der Waals surface area (Å²) in [6.45, 7) is 0. The Morgan fingerprint density at radius 1 is 0.960 bits per heavy atom. The fraction of sp³-hybridized carbons (Fsp3) is 0.188. The summed E-state index contributed by atoms with van der Waals surface area (Å²) in [4.78, 5) is 11.7. The number of methoxy groups -OCH3 is 1. The van der Waals surface area contributed by atoms with Gasteiger partial charge in [0, 0.05) is 6.42 Å². The van der Waals surface area contributed by atoms with Crippen LogP contribution >= 0.6 is 0 Å². The number of hydrogen-bond donors (Lipinski definition) is 2. The summed E-state index contributed by atoms with van der Waals surface area (Å²) in [5.41, 5.74) is 3.01. The zero-order valence-corrected chi connectivity index (χ0v) is 12.9. The highest BCUT2D eigenvalue weighted by Gasteiger charge is 2.26. The number of rotatable bonds is 6. The first-order chi connectivity index (χ1) is 11.9. The lowest BCUT2D eigenvalue weighted by molar-refractivity contribution is -0.120. The van der Waals surface area contributed by atoms with Crippen LogP contribution in [-0.2, 0) is 11.2 Å². The van der Waals surface area contributed by atoms with Crippen molar-refractivity contribution in [2.75, 3.05) is 12.5 Å². The zero-order valence-electron chi connectivity index (χ0n) is 12.9. The normalized spacial score (nSPS) is 10.5. The summed E-state index contributed by atoms with van der Waals surface area (Å²) in [5.74, 6) is -10.8. The van der Waals surface area contributed by atoms with Crippen molar-refractivity contribution in [1.82, 2.24) is 5.43 Å². The first-order valence-electron chi connectivity index (χ1n) is 7.05. The minimum Gasteiger partial charge on any atom is -0.496 e. The third-order valence-corrected chi connectivity index (χ3v) is 3.35. The molecule has 0 aliphatic rings. The number of para-hydroxylation sites is 1. The zero-order chi connectivity index (χ0) is 18.6. The average molecular weight is 360 g/mol. The van der Waals surface area contributed by atoms with E-state index in [-0.39, 0.29) is 12.8 Å². The Hall–Kier alpha value is -2.84. The van der Waals surface area contributed by atoms with E-state index in [1.807, 2.05) is 5.43 Å². The van der Waals surface area contributed by atoms with Crippen molar-refractivity contribution in [2.45, 2.75) is 12.8 Å². The molecule has 0 bridgehead atoms. The molecule has 0 aliphatic heterocycles. The highest BCUT2D eigenvalue weighted by Crippen LogP contribution is 2.26. The van der Waals surface area contributed by atoms with Crippen molar-refractivity contribution >= 4 is 11.6 Å². The molecule has 2 N–H and O–H groups in total. The van der Waals surface area contributed by atoms with E-state index < -0.39 is 40.7 Å². The maximum Gasteiger partial charge on any atom is 0.238 e. The SMILES string of the molecule is COc1ccccc1CCC(=O)NNc1c(F)c(F)c(F)c(F)c1F. The van der Waals surface area contributed by atoms with E-state index in [0.717, 1.165) is 5.56 Å². The van der Waals surface area contributed by atoms with Crippen molar-refractivity contribution in [2.24, 2.45) is 0 Å². The van der Waals surface area contributed by atoms with Crippen LogP contribution in [0.25, 0.3) is 0 Å². The Labute approximate surface area is 139 Å². The highest BCUT2D eigenvalue weighted by atomic mass is 19.2. The molecule has 0 saturated carbocycles. The summed E-state index contributed by atoms with van der Waals surface area (Å²) in [6.07, 6.45) is 0.136. The molecule has 0 heterocycles. The van der Waals surface area contributed by atoms with E-state index in [9.17, 15) is 26.7 Å². The summed E-state index contributed by atoms with van der Waals surface area (Å²) < 4.78 is 71.0. The number of halogens is 5. The fourth-order valence-corrected chi connectivity index (χ4v) is 2.07. The summed E-state index contributed by atoms with van der Waals surface area (Å²) in [5, 5.41) is 0. The standard InChI is InChI=1S/C16H13F5N2O2/c1-25-9-5-3-2-4-8(9)6-7-10(24)22-23-16-14(20)12(18)11(17)13(19)15(16)21/h2-5,23H,6-7H2,1H3,(H,22,24). The van der Waals surface area contributed by atoms with Crippen LogP contribution in [0.5, 0.6) is 5.75 Å². The van der Waals surface area contributed by atoms with Gasteiger partial charge in [-0.25, -0.2) is 22.0 Å². The van der Waals surface area contributed by atoms with E-state index in [1.54, 1.807) is 29.7 Å². The van der Waals surface area contributed by atoms with Crippen LogP contribution in [-0.4, -0.2) is 13.0 Å². The fourth-order valence-electron chi connectivity index (χ4n) is 2.07. The third kappa shape index (κ3) is 3.98. The second-order valence-electron chi connectivity index (χ2n) is 4.93. The predicted molar refractivity (Wildman–Crippen MR) is 79.3 cm³/mol. The molecule has 2 rings (SSSR count). The molecule has 4 nitrogen and oxygen atoms in total. The van der Waals surface area contributed by atoms with E-state index >= 15 is 0 Å². The van der Waals surface area contributed by atoms with Gasteiger partial charge in [-0.2, -0.15) is 0 Å². The van der Waals surface area contributed by atoms with Gasteiger partial charge in [-0.1, -0.05) is 18.2 Å². The molecule has 0 spiro atoms. The number of anilines is 1. The molecule has 1 amide bonds. The first-order valence-corrected chi connectivity index (χ1v) is 7.05. The van der Waals surface area contributed by atoms with E-state index in [0.29, 0.717) is 5.75 Å². The van der Waals surface area contributed by atoms with Crippen LogP contribution in [0.4, 0.5) is 27.6 Å². The molecular formula is C16H13F5N2O2. The van der Waals surface area contributed by atoms with Crippen LogP contribution in [0.1, 0.15) is 12.0 Å². The molecule has 0 saturated heterocycles. The number of carbonyl (C=O) groups excluding carboxylic acids is 1. The predicted octanol–water partition coefficient (Wildman–Crippen LogP) is 3.47. The van der Waals surface area contributed by atoms with Gasteiger partial charge in [0.1, 0.15) is 11.4 Å². The summed E-state index contributed by atoms with van der Waals surface area (Å²) in [6, 6.07) is 6.90. The Kier molecular flexibility index (Phi) is 5.79. The van der Waals surface area contributed by atoms with Crippen molar-refractivity contribution in [3.63, 3.8) is 0 Å². The number of hydrazine groups is 1.